The molecule has 0 aromatic carbocycles. The molecule has 0 bridgehead atoms. The van der Waals surface area contributed by atoms with E-state index in [1.165, 1.54) is 13.8 Å². The maximum atomic E-state index is 13.8. The van der Waals surface area contributed by atoms with E-state index in [0.29, 0.717) is 19.3 Å². The summed E-state index contributed by atoms with van der Waals surface area (Å²) in [6, 6.07) is 0. The first kappa shape index (κ1) is 25.6. The lowest BCUT2D eigenvalue weighted by Gasteiger charge is -2.63. The van der Waals surface area contributed by atoms with Gasteiger partial charge in [-0.25, -0.2) is 0 Å². The van der Waals surface area contributed by atoms with Crippen LogP contribution in [-0.4, -0.2) is 50.5 Å². The Morgan fingerprint density at radius 3 is 2.15 bits per heavy atom. The summed E-state index contributed by atoms with van der Waals surface area (Å²) in [7, 11) is -2.04. The zero-order valence-electron chi connectivity index (χ0n) is 21.6. The van der Waals surface area contributed by atoms with E-state index in [2.05, 4.69) is 33.9 Å². The molecule has 3 aliphatic carbocycles. The monoisotopic (exact) mass is 496 g/mol. The van der Waals surface area contributed by atoms with Crippen LogP contribution in [-0.2, 0) is 37.8 Å². The quantitative estimate of drug-likeness (QED) is 0.313. The first-order valence-electron chi connectivity index (χ1n) is 12.7. The van der Waals surface area contributed by atoms with E-state index < -0.39 is 49.8 Å². The van der Waals surface area contributed by atoms with E-state index in [-0.39, 0.29) is 23.0 Å². The van der Waals surface area contributed by atoms with Crippen molar-refractivity contribution in [1.29, 1.82) is 0 Å². The van der Waals surface area contributed by atoms with Crippen molar-refractivity contribution in [3.63, 3.8) is 0 Å². The van der Waals surface area contributed by atoms with Gasteiger partial charge in [0, 0.05) is 32.8 Å². The lowest BCUT2D eigenvalue weighted by molar-refractivity contribution is -0.388. The van der Waals surface area contributed by atoms with Gasteiger partial charge in [-0.15, -0.1) is 0 Å². The molecule has 1 aliphatic heterocycles. The predicted octanol–water partition coefficient (Wildman–Crippen LogP) is 4.46. The molecule has 0 aromatic rings. The van der Waals surface area contributed by atoms with Gasteiger partial charge in [0.1, 0.15) is 0 Å². The third kappa shape index (κ3) is 4.11. The lowest BCUT2D eigenvalue weighted by atomic mass is 9.51. The van der Waals surface area contributed by atoms with Crippen molar-refractivity contribution < 1.29 is 37.8 Å². The number of carbonyl (C=O) groups excluding carboxylic acids is 3. The SMILES string of the molecule is CC(=O)OC(OC(C)=O)[C@@]12C(=O)OC3(CCCCC3)O[C@@H]1[C@@H]1C[C@@H](O[Si](C)(C)C(C)(C)C)C[C@@H]12. The third-order valence-electron chi connectivity index (χ3n) is 8.83. The van der Waals surface area contributed by atoms with Crippen LogP contribution < -0.4 is 0 Å². The largest absolute Gasteiger partial charge is 0.432 e. The van der Waals surface area contributed by atoms with Crippen LogP contribution in [0.15, 0.2) is 0 Å². The summed E-state index contributed by atoms with van der Waals surface area (Å²) in [5.74, 6) is -2.84. The molecule has 1 saturated heterocycles. The molecule has 0 unspecified atom stereocenters. The van der Waals surface area contributed by atoms with Gasteiger partial charge in [-0.05, 0) is 55.7 Å². The highest BCUT2D eigenvalue weighted by atomic mass is 28.4. The highest BCUT2D eigenvalue weighted by molar-refractivity contribution is 6.74. The van der Waals surface area contributed by atoms with Gasteiger partial charge in [0.15, 0.2) is 13.7 Å². The Kier molecular flexibility index (Phi) is 6.47. The number of hydrogen-bond donors (Lipinski definition) is 0. The minimum Gasteiger partial charge on any atom is -0.432 e. The molecule has 3 saturated carbocycles. The Balaban J connectivity index is 1.68. The molecule has 1 spiro atoms. The van der Waals surface area contributed by atoms with Crippen molar-refractivity contribution in [2.24, 2.45) is 17.3 Å². The van der Waals surface area contributed by atoms with E-state index in [1.54, 1.807) is 0 Å². The minimum absolute atomic E-state index is 0.0348. The fraction of sp³-hybridized carbons (Fsp3) is 0.880. The highest BCUT2D eigenvalue weighted by Crippen LogP contribution is 2.67. The second-order valence-corrected chi connectivity index (χ2v) is 16.9. The molecule has 4 aliphatic rings. The molecule has 8 nitrogen and oxygen atoms in total. The molecule has 0 amide bonds. The van der Waals surface area contributed by atoms with E-state index in [0.717, 1.165) is 25.7 Å². The Morgan fingerprint density at radius 2 is 1.62 bits per heavy atom. The second-order valence-electron chi connectivity index (χ2n) is 12.1. The van der Waals surface area contributed by atoms with E-state index in [1.807, 2.05) is 0 Å². The Bertz CT molecular complexity index is 826. The summed E-state index contributed by atoms with van der Waals surface area (Å²) in [6.07, 6.45) is 3.64. The molecular weight excluding hydrogens is 456 g/mol. The van der Waals surface area contributed by atoms with Crippen molar-refractivity contribution in [2.75, 3.05) is 0 Å². The first-order chi connectivity index (χ1) is 15.7. The van der Waals surface area contributed by atoms with Crippen LogP contribution in [0.1, 0.15) is 79.6 Å². The molecule has 34 heavy (non-hydrogen) atoms. The van der Waals surface area contributed by atoms with E-state index in [9.17, 15) is 14.4 Å². The van der Waals surface area contributed by atoms with Gasteiger partial charge in [-0.3, -0.25) is 14.4 Å². The fourth-order valence-electron chi connectivity index (χ4n) is 6.24. The first-order valence-corrected chi connectivity index (χ1v) is 15.6. The molecule has 4 fully saturated rings. The normalized spacial score (nSPS) is 34.6. The summed E-state index contributed by atoms with van der Waals surface area (Å²) in [4.78, 5) is 37.8. The van der Waals surface area contributed by atoms with Crippen molar-refractivity contribution in [2.45, 2.75) is 122 Å². The van der Waals surface area contributed by atoms with Crippen molar-refractivity contribution >= 4 is 26.2 Å². The van der Waals surface area contributed by atoms with Crippen LogP contribution in [0.3, 0.4) is 0 Å². The van der Waals surface area contributed by atoms with Crippen LogP contribution in [0, 0.1) is 17.3 Å². The average molecular weight is 497 g/mol. The number of carbonyl (C=O) groups is 3. The number of ether oxygens (including phenoxy) is 4. The van der Waals surface area contributed by atoms with E-state index in [4.69, 9.17) is 23.4 Å². The van der Waals surface area contributed by atoms with Gasteiger partial charge in [0.05, 0.1) is 6.10 Å². The van der Waals surface area contributed by atoms with Crippen LogP contribution in [0.25, 0.3) is 0 Å². The molecule has 1 heterocycles. The number of hydrogen-bond acceptors (Lipinski definition) is 8. The maximum Gasteiger partial charge on any atom is 0.325 e. The molecule has 9 heteroatoms. The molecule has 0 radical (unpaired) electrons. The van der Waals surface area contributed by atoms with Crippen molar-refractivity contribution in [3.8, 4) is 0 Å². The van der Waals surface area contributed by atoms with Gasteiger partial charge in [0.25, 0.3) is 6.29 Å². The Morgan fingerprint density at radius 1 is 1.03 bits per heavy atom. The number of fused-ring (bicyclic) bond motifs is 4. The molecule has 5 atom stereocenters. The fourth-order valence-corrected chi connectivity index (χ4v) is 7.62. The van der Waals surface area contributed by atoms with Crippen LogP contribution in [0.4, 0.5) is 0 Å². The van der Waals surface area contributed by atoms with E-state index >= 15 is 0 Å². The molecule has 192 valence electrons. The summed E-state index contributed by atoms with van der Waals surface area (Å²) < 4.78 is 30.3. The highest BCUT2D eigenvalue weighted by Gasteiger charge is 2.79. The minimum atomic E-state index is -2.04. The maximum absolute atomic E-state index is 13.8. The van der Waals surface area contributed by atoms with Gasteiger partial charge in [0.2, 0.25) is 5.79 Å². The van der Waals surface area contributed by atoms with Crippen LogP contribution in [0.2, 0.25) is 18.1 Å². The zero-order chi connectivity index (χ0) is 25.1. The predicted molar refractivity (Wildman–Crippen MR) is 125 cm³/mol. The zero-order valence-corrected chi connectivity index (χ0v) is 22.6. The van der Waals surface area contributed by atoms with Crippen molar-refractivity contribution in [1.82, 2.24) is 0 Å². The topological polar surface area (TPSA) is 97.4 Å². The van der Waals surface area contributed by atoms with Crippen LogP contribution >= 0.6 is 0 Å². The Labute approximate surface area is 203 Å². The summed E-state index contributed by atoms with van der Waals surface area (Å²) >= 11 is 0. The summed E-state index contributed by atoms with van der Waals surface area (Å²) in [5.41, 5.74) is -1.36. The third-order valence-corrected chi connectivity index (χ3v) is 13.4. The molecular formula is C25H40O8Si. The average Bonchev–Trinajstić information content (AvgIpc) is 3.04. The summed E-state index contributed by atoms with van der Waals surface area (Å²) in [6.45, 7) is 13.5. The van der Waals surface area contributed by atoms with Crippen molar-refractivity contribution in [3.05, 3.63) is 0 Å². The molecule has 0 N–H and O–H groups in total. The Hall–Kier alpha value is -1.45. The standard InChI is InChI=1S/C25H40O8Si/c1-15(26)29-22(30-16(2)27)25-19-14-17(33-34(6,7)23(3,4)5)13-18(19)20(25)31-24(32-21(25)28)11-9-8-10-12-24/h17-20,22H,8-14H2,1-7H3/t17-,18-,19+,20-,25-/m1/s1. The molecule has 4 rings (SSSR count). The van der Waals surface area contributed by atoms with Crippen LogP contribution in [0.5, 0.6) is 0 Å². The van der Waals surface area contributed by atoms with Gasteiger partial charge >= 0.3 is 17.9 Å². The van der Waals surface area contributed by atoms with Gasteiger partial charge < -0.3 is 23.4 Å². The molecule has 0 aromatic heterocycles. The lowest BCUT2D eigenvalue weighted by Crippen LogP contribution is -2.76. The number of rotatable bonds is 5. The van der Waals surface area contributed by atoms with Gasteiger partial charge in [-0.2, -0.15) is 0 Å². The second kappa shape index (κ2) is 8.59. The number of esters is 3. The van der Waals surface area contributed by atoms with Gasteiger partial charge in [-0.1, -0.05) is 27.2 Å². The summed E-state index contributed by atoms with van der Waals surface area (Å²) in [5, 5.41) is 0.0543. The smallest absolute Gasteiger partial charge is 0.325 e.